The molecular weight excluding hydrogens is 630 g/mol. The van der Waals surface area contributed by atoms with Crippen molar-refractivity contribution in [3.8, 4) is 34.5 Å². The summed E-state index contributed by atoms with van der Waals surface area (Å²) in [4.78, 5) is 61.7. The van der Waals surface area contributed by atoms with E-state index in [0.29, 0.717) is 53.8 Å². The molecule has 1 fully saturated rings. The summed E-state index contributed by atoms with van der Waals surface area (Å²) in [7, 11) is 1.50. The average Bonchev–Trinajstić information content (AvgIpc) is 3.67. The van der Waals surface area contributed by atoms with E-state index >= 15 is 0 Å². The van der Waals surface area contributed by atoms with Crippen LogP contribution in [0.15, 0.2) is 40.8 Å². The molecule has 4 heterocycles. The number of aromatic hydroxyl groups is 1. The van der Waals surface area contributed by atoms with Crippen molar-refractivity contribution >= 4 is 23.6 Å². The number of aryl methyl sites for hydroxylation is 2. The van der Waals surface area contributed by atoms with Crippen molar-refractivity contribution in [1.82, 2.24) is 25.4 Å². The number of methoxy groups -OCH3 is 1. The predicted molar refractivity (Wildman–Crippen MR) is 180 cm³/mol. The monoisotopic (exact) mass is 675 g/mol. The van der Waals surface area contributed by atoms with Crippen LogP contribution < -0.4 is 20.1 Å². The summed E-state index contributed by atoms with van der Waals surface area (Å²) in [5, 5.41) is 16.2. The Morgan fingerprint density at radius 2 is 1.92 bits per heavy atom. The van der Waals surface area contributed by atoms with Gasteiger partial charge in [-0.15, -0.1) is 0 Å². The molecular formula is C36H45N5O8. The molecule has 6 rings (SSSR count). The van der Waals surface area contributed by atoms with Crippen LogP contribution in [0.5, 0.6) is 23.0 Å². The first-order valence-corrected chi connectivity index (χ1v) is 16.7. The van der Waals surface area contributed by atoms with Crippen LogP contribution in [0.1, 0.15) is 64.0 Å². The van der Waals surface area contributed by atoms with Gasteiger partial charge in [-0.1, -0.05) is 19.9 Å². The third-order valence-electron chi connectivity index (χ3n) is 8.92. The summed E-state index contributed by atoms with van der Waals surface area (Å²) in [6.45, 7) is 9.82. The predicted octanol–water partition coefficient (Wildman–Crippen LogP) is 4.09. The van der Waals surface area contributed by atoms with Gasteiger partial charge in [0.2, 0.25) is 29.5 Å². The highest BCUT2D eigenvalue weighted by Crippen LogP contribution is 2.39. The molecule has 0 aliphatic carbocycles. The molecule has 3 aromatic rings. The molecule has 0 unspecified atom stereocenters. The molecule has 1 saturated heterocycles. The number of ether oxygens (including phenoxy) is 2. The second-order valence-electron chi connectivity index (χ2n) is 13.0. The Labute approximate surface area is 285 Å². The van der Waals surface area contributed by atoms with Crippen LogP contribution in [0, 0.1) is 12.8 Å². The van der Waals surface area contributed by atoms with E-state index in [2.05, 4.69) is 15.6 Å². The topological polar surface area (TPSA) is 164 Å². The van der Waals surface area contributed by atoms with E-state index < -0.39 is 18.0 Å². The number of carbonyl (C=O) groups excluding carboxylic acids is 4. The number of aromatic nitrogens is 1. The van der Waals surface area contributed by atoms with Crippen molar-refractivity contribution in [2.24, 2.45) is 5.92 Å². The maximum Gasteiger partial charge on any atom is 0.245 e. The summed E-state index contributed by atoms with van der Waals surface area (Å²) in [6.07, 6.45) is 0.997. The average molecular weight is 676 g/mol. The lowest BCUT2D eigenvalue weighted by molar-refractivity contribution is -0.141. The maximum absolute atomic E-state index is 13.9. The van der Waals surface area contributed by atoms with Crippen LogP contribution in [-0.4, -0.2) is 81.8 Å². The zero-order valence-electron chi connectivity index (χ0n) is 28.9. The number of hydrogen-bond donors (Lipinski definition) is 3. The first-order chi connectivity index (χ1) is 23.4. The molecule has 3 atom stereocenters. The number of phenolic OH excluding ortho intramolecular Hbond substituents is 1. The largest absolute Gasteiger partial charge is 0.504 e. The molecule has 49 heavy (non-hydrogen) atoms. The second kappa shape index (κ2) is 15.0. The number of likely N-dealkylation sites (N-methyl/N-ethyl adjacent to an activating group) is 1. The Morgan fingerprint density at radius 1 is 1.14 bits per heavy atom. The number of phenols is 1. The van der Waals surface area contributed by atoms with Crippen molar-refractivity contribution in [2.75, 3.05) is 20.2 Å². The maximum atomic E-state index is 13.9. The van der Waals surface area contributed by atoms with Crippen LogP contribution in [-0.2, 0) is 32.1 Å². The minimum atomic E-state index is -0.921. The Kier molecular flexibility index (Phi) is 10.8. The number of benzene rings is 2. The van der Waals surface area contributed by atoms with E-state index in [1.54, 1.807) is 49.1 Å². The number of oxazole rings is 1. The first kappa shape index (κ1) is 35.2. The van der Waals surface area contributed by atoms with E-state index in [9.17, 15) is 24.3 Å². The van der Waals surface area contributed by atoms with Gasteiger partial charge in [0.05, 0.1) is 19.7 Å². The molecule has 2 aromatic carbocycles. The molecule has 3 N–H and O–H groups in total. The van der Waals surface area contributed by atoms with Crippen molar-refractivity contribution in [1.29, 1.82) is 0 Å². The number of fused-ring (bicyclic) bond motifs is 9. The van der Waals surface area contributed by atoms with E-state index in [1.807, 2.05) is 20.8 Å². The molecule has 0 saturated carbocycles. The van der Waals surface area contributed by atoms with Gasteiger partial charge in [-0.25, -0.2) is 4.98 Å². The summed E-state index contributed by atoms with van der Waals surface area (Å²) in [5.74, 6) is 0.585. The molecule has 0 spiro atoms. The molecule has 3 aliphatic rings. The molecule has 13 nitrogen and oxygen atoms in total. The number of hydrogen-bond acceptors (Lipinski definition) is 9. The highest BCUT2D eigenvalue weighted by Gasteiger charge is 2.44. The highest BCUT2D eigenvalue weighted by atomic mass is 16.5. The van der Waals surface area contributed by atoms with Crippen molar-refractivity contribution in [3.05, 3.63) is 53.4 Å². The number of carbonyl (C=O) groups is 4. The zero-order chi connectivity index (χ0) is 35.4. The van der Waals surface area contributed by atoms with Crippen LogP contribution in [0.3, 0.4) is 0 Å². The molecule has 1 aromatic heterocycles. The zero-order valence-corrected chi connectivity index (χ0v) is 28.9. The van der Waals surface area contributed by atoms with Gasteiger partial charge in [0.15, 0.2) is 23.0 Å². The smallest absolute Gasteiger partial charge is 0.245 e. The fourth-order valence-electron chi connectivity index (χ4n) is 6.32. The van der Waals surface area contributed by atoms with Gasteiger partial charge in [0, 0.05) is 31.5 Å². The summed E-state index contributed by atoms with van der Waals surface area (Å²) in [6, 6.07) is 7.80. The van der Waals surface area contributed by atoms with Gasteiger partial charge >= 0.3 is 0 Å². The fraction of sp³-hybridized carbons (Fsp3) is 0.472. The number of nitrogens with one attached hydrogen (secondary N) is 2. The lowest BCUT2D eigenvalue weighted by atomic mass is 10.1. The normalized spacial score (nSPS) is 20.1. The van der Waals surface area contributed by atoms with Gasteiger partial charge in [0.25, 0.3) is 0 Å². The van der Waals surface area contributed by atoms with Crippen LogP contribution in [0.25, 0.3) is 11.5 Å². The van der Waals surface area contributed by atoms with Crippen LogP contribution in [0.2, 0.25) is 0 Å². The van der Waals surface area contributed by atoms with E-state index in [4.69, 9.17) is 13.9 Å². The Hall–Kier alpha value is -5.07. The second-order valence-corrected chi connectivity index (χ2v) is 13.0. The van der Waals surface area contributed by atoms with Gasteiger partial charge in [0.1, 0.15) is 23.5 Å². The molecule has 3 aliphatic heterocycles. The standard InChI is InChI=1S/C36H45N5O8/c1-7-40(33(44)14-20(2)3)25-17-27-34(45)37-18-26-22(5)48-35(39-26)24-10-12-29(31(16-24)47-6)49-30-15-23(8-11-28(30)42)9-13-32(43)38-21(4)36(46)41(27)19-25/h8,10-12,15-16,20-21,25,27,42H,7,9,13-14,17-19H2,1-6H3,(H,37,45)(H,38,43)/t21-,25+,27+/m1/s1. The Balaban J connectivity index is 1.48. The number of amides is 4. The summed E-state index contributed by atoms with van der Waals surface area (Å²) in [5.41, 5.74) is 1.83. The van der Waals surface area contributed by atoms with Crippen molar-refractivity contribution in [2.45, 2.75) is 85.0 Å². The molecule has 0 radical (unpaired) electrons. The summed E-state index contributed by atoms with van der Waals surface area (Å²) < 4.78 is 17.6. The molecule has 262 valence electrons. The van der Waals surface area contributed by atoms with Gasteiger partial charge in [-0.05, 0) is 75.4 Å². The Morgan fingerprint density at radius 3 is 2.63 bits per heavy atom. The molecule has 6 bridgehead atoms. The molecule has 4 amide bonds. The Bertz CT molecular complexity index is 1720. The lowest BCUT2D eigenvalue weighted by Crippen LogP contribution is -2.52. The minimum absolute atomic E-state index is 0.0283. The van der Waals surface area contributed by atoms with Crippen LogP contribution in [0.4, 0.5) is 0 Å². The quantitative estimate of drug-likeness (QED) is 0.362. The van der Waals surface area contributed by atoms with E-state index in [1.165, 1.54) is 18.1 Å². The number of nitrogens with zero attached hydrogens (tertiary/aromatic N) is 3. The first-order valence-electron chi connectivity index (χ1n) is 16.7. The van der Waals surface area contributed by atoms with Crippen LogP contribution >= 0.6 is 0 Å². The lowest BCUT2D eigenvalue weighted by Gasteiger charge is -2.29. The number of rotatable bonds is 5. The summed E-state index contributed by atoms with van der Waals surface area (Å²) >= 11 is 0. The third-order valence-corrected chi connectivity index (χ3v) is 8.92. The van der Waals surface area contributed by atoms with Gasteiger partial charge in [-0.3, -0.25) is 19.2 Å². The SMILES string of the molecule is CCN(C(=O)CC(C)C)[C@H]1C[C@H]2C(=O)NCc3nc(oc3C)-c3ccc(c(OC)c3)Oc3cc(ccc3O)CCC(=O)N[C@H](C)C(=O)N2C1. The van der Waals surface area contributed by atoms with Crippen molar-refractivity contribution in [3.63, 3.8) is 0 Å². The van der Waals surface area contributed by atoms with Gasteiger partial charge in [-0.2, -0.15) is 0 Å². The van der Waals surface area contributed by atoms with E-state index in [-0.39, 0.29) is 67.1 Å². The van der Waals surface area contributed by atoms with E-state index in [0.717, 1.165) is 5.56 Å². The highest BCUT2D eigenvalue weighted by molar-refractivity contribution is 5.92. The van der Waals surface area contributed by atoms with Crippen molar-refractivity contribution < 1.29 is 38.2 Å². The van der Waals surface area contributed by atoms with Gasteiger partial charge < -0.3 is 39.4 Å². The third kappa shape index (κ3) is 7.98. The molecule has 13 heteroatoms. The minimum Gasteiger partial charge on any atom is -0.504 e. The fourth-order valence-corrected chi connectivity index (χ4v) is 6.32.